The lowest BCUT2D eigenvalue weighted by molar-refractivity contribution is 0.171. The van der Waals surface area contributed by atoms with E-state index in [-0.39, 0.29) is 0 Å². The molecular weight excluding hydrogens is 274 g/mol. The predicted octanol–water partition coefficient (Wildman–Crippen LogP) is 1.70. The standard InChI is InChI=1S/C14H21N3O2S/c1-17(2)7-3-6-15-14(20)16-11-4-5-12-13(10-11)19-9-8-18-12/h4-5,10H,3,6-9H2,1-2H3,(H2,15,16,20). The van der Waals surface area contributed by atoms with Gasteiger partial charge in [0, 0.05) is 18.3 Å². The minimum atomic E-state index is 0.587. The monoisotopic (exact) mass is 295 g/mol. The summed E-state index contributed by atoms with van der Waals surface area (Å²) in [6.07, 6.45) is 1.05. The van der Waals surface area contributed by atoms with E-state index in [2.05, 4.69) is 29.6 Å². The molecule has 1 aliphatic rings. The molecule has 1 aliphatic heterocycles. The van der Waals surface area contributed by atoms with Gasteiger partial charge in [-0.25, -0.2) is 0 Å². The summed E-state index contributed by atoms with van der Waals surface area (Å²) >= 11 is 5.26. The lowest BCUT2D eigenvalue weighted by Gasteiger charge is -2.19. The Morgan fingerprint density at radius 2 is 2.00 bits per heavy atom. The number of rotatable bonds is 5. The van der Waals surface area contributed by atoms with Crippen molar-refractivity contribution in [1.29, 1.82) is 0 Å². The number of hydrogen-bond acceptors (Lipinski definition) is 4. The van der Waals surface area contributed by atoms with Crippen LogP contribution < -0.4 is 20.1 Å². The van der Waals surface area contributed by atoms with Gasteiger partial charge in [0.05, 0.1) is 0 Å². The van der Waals surface area contributed by atoms with Crippen LogP contribution >= 0.6 is 12.2 Å². The molecule has 0 saturated carbocycles. The minimum Gasteiger partial charge on any atom is -0.486 e. The first-order chi connectivity index (χ1) is 9.65. The highest BCUT2D eigenvalue weighted by molar-refractivity contribution is 7.80. The van der Waals surface area contributed by atoms with Gasteiger partial charge < -0.3 is 25.0 Å². The van der Waals surface area contributed by atoms with Crippen LogP contribution in [0.1, 0.15) is 6.42 Å². The fourth-order valence-electron chi connectivity index (χ4n) is 1.89. The maximum Gasteiger partial charge on any atom is 0.170 e. The average Bonchev–Trinajstić information content (AvgIpc) is 2.43. The van der Waals surface area contributed by atoms with Gasteiger partial charge in [0.2, 0.25) is 0 Å². The van der Waals surface area contributed by atoms with Crippen molar-refractivity contribution in [2.45, 2.75) is 6.42 Å². The lowest BCUT2D eigenvalue weighted by atomic mass is 10.2. The fraction of sp³-hybridized carbons (Fsp3) is 0.500. The number of nitrogens with one attached hydrogen (secondary N) is 2. The molecule has 0 aliphatic carbocycles. The first kappa shape index (κ1) is 14.9. The molecule has 110 valence electrons. The molecule has 5 nitrogen and oxygen atoms in total. The van der Waals surface area contributed by atoms with Crippen molar-refractivity contribution in [3.8, 4) is 11.5 Å². The summed E-state index contributed by atoms with van der Waals surface area (Å²) < 4.78 is 11.0. The molecule has 0 radical (unpaired) electrons. The zero-order valence-electron chi connectivity index (χ0n) is 11.9. The highest BCUT2D eigenvalue weighted by Crippen LogP contribution is 2.32. The van der Waals surface area contributed by atoms with Crippen LogP contribution in [0.15, 0.2) is 18.2 Å². The summed E-state index contributed by atoms with van der Waals surface area (Å²) in [5.74, 6) is 1.54. The van der Waals surface area contributed by atoms with Crippen molar-refractivity contribution in [3.63, 3.8) is 0 Å². The SMILES string of the molecule is CN(C)CCCNC(=S)Nc1ccc2c(c1)OCCO2. The van der Waals surface area contributed by atoms with Crippen LogP contribution in [0, 0.1) is 0 Å². The van der Waals surface area contributed by atoms with Gasteiger partial charge in [-0.3, -0.25) is 0 Å². The zero-order valence-corrected chi connectivity index (χ0v) is 12.8. The van der Waals surface area contributed by atoms with E-state index in [0.717, 1.165) is 36.7 Å². The van der Waals surface area contributed by atoms with Gasteiger partial charge >= 0.3 is 0 Å². The number of fused-ring (bicyclic) bond motifs is 1. The van der Waals surface area contributed by atoms with Crippen LogP contribution in [-0.4, -0.2) is 50.4 Å². The quantitative estimate of drug-likeness (QED) is 0.637. The van der Waals surface area contributed by atoms with Crippen molar-refractivity contribution >= 4 is 23.0 Å². The first-order valence-corrected chi connectivity index (χ1v) is 7.15. The van der Waals surface area contributed by atoms with Crippen LogP contribution in [0.5, 0.6) is 11.5 Å². The van der Waals surface area contributed by atoms with Gasteiger partial charge in [-0.2, -0.15) is 0 Å². The molecule has 0 fully saturated rings. The molecule has 2 N–H and O–H groups in total. The smallest absolute Gasteiger partial charge is 0.170 e. The first-order valence-electron chi connectivity index (χ1n) is 6.74. The van der Waals surface area contributed by atoms with E-state index < -0.39 is 0 Å². The van der Waals surface area contributed by atoms with Gasteiger partial charge in [-0.15, -0.1) is 0 Å². The second kappa shape index (κ2) is 7.31. The Morgan fingerprint density at radius 1 is 1.25 bits per heavy atom. The van der Waals surface area contributed by atoms with Crippen molar-refractivity contribution in [2.24, 2.45) is 0 Å². The molecule has 1 heterocycles. The number of ether oxygens (including phenoxy) is 2. The highest BCUT2D eigenvalue weighted by atomic mass is 32.1. The Balaban J connectivity index is 1.79. The summed E-state index contributed by atoms with van der Waals surface area (Å²) in [4.78, 5) is 2.15. The summed E-state index contributed by atoms with van der Waals surface area (Å²) in [5, 5.41) is 6.96. The van der Waals surface area contributed by atoms with E-state index in [1.165, 1.54) is 0 Å². The normalized spacial score (nSPS) is 13.2. The second-order valence-corrected chi connectivity index (χ2v) is 5.30. The zero-order chi connectivity index (χ0) is 14.4. The average molecular weight is 295 g/mol. The van der Waals surface area contributed by atoms with Crippen LogP contribution in [0.3, 0.4) is 0 Å². The number of nitrogens with zero attached hydrogens (tertiary/aromatic N) is 1. The molecule has 2 rings (SSSR count). The Hall–Kier alpha value is -1.53. The Morgan fingerprint density at radius 3 is 2.75 bits per heavy atom. The van der Waals surface area contributed by atoms with Crippen molar-refractivity contribution < 1.29 is 9.47 Å². The van der Waals surface area contributed by atoms with Gasteiger partial charge in [0.25, 0.3) is 0 Å². The fourth-order valence-corrected chi connectivity index (χ4v) is 2.11. The van der Waals surface area contributed by atoms with Crippen LogP contribution in [0.4, 0.5) is 5.69 Å². The van der Waals surface area contributed by atoms with Gasteiger partial charge in [-0.05, 0) is 51.4 Å². The van der Waals surface area contributed by atoms with Crippen molar-refractivity contribution in [1.82, 2.24) is 10.2 Å². The van der Waals surface area contributed by atoms with Crippen molar-refractivity contribution in [2.75, 3.05) is 45.7 Å². The highest BCUT2D eigenvalue weighted by Gasteiger charge is 2.11. The van der Waals surface area contributed by atoms with Crippen LogP contribution in [-0.2, 0) is 0 Å². The molecule has 0 spiro atoms. The number of hydrogen-bond donors (Lipinski definition) is 2. The third kappa shape index (κ3) is 4.54. The van der Waals surface area contributed by atoms with Gasteiger partial charge in [0.15, 0.2) is 16.6 Å². The van der Waals surface area contributed by atoms with Crippen LogP contribution in [0.2, 0.25) is 0 Å². The van der Waals surface area contributed by atoms with Gasteiger partial charge in [-0.1, -0.05) is 0 Å². The summed E-state index contributed by atoms with van der Waals surface area (Å²) in [7, 11) is 4.12. The van der Waals surface area contributed by atoms with E-state index in [1.54, 1.807) is 0 Å². The van der Waals surface area contributed by atoms with E-state index >= 15 is 0 Å². The second-order valence-electron chi connectivity index (χ2n) is 4.90. The Kier molecular flexibility index (Phi) is 5.43. The maximum absolute atomic E-state index is 5.54. The largest absolute Gasteiger partial charge is 0.486 e. The molecule has 1 aromatic carbocycles. The minimum absolute atomic E-state index is 0.587. The molecule has 6 heteroatoms. The predicted molar refractivity (Wildman–Crippen MR) is 84.8 cm³/mol. The molecule has 0 amide bonds. The lowest BCUT2D eigenvalue weighted by Crippen LogP contribution is -2.30. The Bertz CT molecular complexity index is 466. The van der Waals surface area contributed by atoms with Crippen molar-refractivity contribution in [3.05, 3.63) is 18.2 Å². The molecule has 20 heavy (non-hydrogen) atoms. The third-order valence-corrected chi connectivity index (χ3v) is 3.11. The molecule has 0 atom stereocenters. The van der Waals surface area contributed by atoms with Gasteiger partial charge in [0.1, 0.15) is 13.2 Å². The van der Waals surface area contributed by atoms with E-state index in [1.807, 2.05) is 18.2 Å². The molecule has 0 unspecified atom stereocenters. The molecule has 0 saturated heterocycles. The summed E-state index contributed by atoms with van der Waals surface area (Å²) in [5.41, 5.74) is 0.902. The number of anilines is 1. The topological polar surface area (TPSA) is 45.8 Å². The number of benzene rings is 1. The molecule has 1 aromatic rings. The van der Waals surface area contributed by atoms with E-state index in [4.69, 9.17) is 21.7 Å². The maximum atomic E-state index is 5.54. The van der Waals surface area contributed by atoms with E-state index in [0.29, 0.717) is 18.3 Å². The van der Waals surface area contributed by atoms with Crippen LogP contribution in [0.25, 0.3) is 0 Å². The van der Waals surface area contributed by atoms with E-state index in [9.17, 15) is 0 Å². The Labute approximate surface area is 125 Å². The molecule has 0 bridgehead atoms. The summed E-state index contributed by atoms with van der Waals surface area (Å²) in [6, 6.07) is 5.73. The summed E-state index contributed by atoms with van der Waals surface area (Å²) in [6.45, 7) is 3.09. The molecular formula is C14H21N3O2S. The molecule has 0 aromatic heterocycles. The third-order valence-electron chi connectivity index (χ3n) is 2.87. The number of thiocarbonyl (C=S) groups is 1.